The highest BCUT2D eigenvalue weighted by atomic mass is 32.1. The molecule has 96 valence electrons. The molecule has 1 aromatic carbocycles. The highest BCUT2D eigenvalue weighted by Crippen LogP contribution is 2.47. The van der Waals surface area contributed by atoms with Crippen LogP contribution in [0, 0.1) is 17.8 Å². The van der Waals surface area contributed by atoms with Crippen LogP contribution in [0.15, 0.2) is 30.3 Å². The van der Waals surface area contributed by atoms with E-state index in [0.29, 0.717) is 0 Å². The Morgan fingerprint density at radius 3 is 2.67 bits per heavy atom. The van der Waals surface area contributed by atoms with Gasteiger partial charge in [-0.15, -0.1) is 0 Å². The number of nitrogens with one attached hydrogen (secondary N) is 2. The molecule has 2 nitrogen and oxygen atoms in total. The van der Waals surface area contributed by atoms with Crippen LogP contribution in [-0.2, 0) is 0 Å². The lowest BCUT2D eigenvalue weighted by atomic mass is 9.89. The lowest BCUT2D eigenvalue weighted by molar-refractivity contribution is 0.332. The molecule has 0 spiro atoms. The summed E-state index contributed by atoms with van der Waals surface area (Å²) in [6.07, 6.45) is 5.78. The third kappa shape index (κ3) is 2.66. The van der Waals surface area contributed by atoms with Gasteiger partial charge in [-0.25, -0.2) is 0 Å². The predicted molar refractivity (Wildman–Crippen MR) is 79.6 cm³/mol. The molecule has 2 aliphatic rings. The molecule has 0 unspecified atom stereocenters. The van der Waals surface area contributed by atoms with Gasteiger partial charge in [0.1, 0.15) is 0 Å². The quantitative estimate of drug-likeness (QED) is 0.814. The Morgan fingerprint density at radius 1 is 1.17 bits per heavy atom. The maximum atomic E-state index is 5.33. The first-order chi connectivity index (χ1) is 8.81. The number of benzene rings is 1. The highest BCUT2D eigenvalue weighted by Gasteiger charge is 2.39. The van der Waals surface area contributed by atoms with Crippen molar-refractivity contribution >= 4 is 23.0 Å². The number of fused-ring (bicyclic) bond motifs is 2. The molecule has 18 heavy (non-hydrogen) atoms. The average molecular weight is 260 g/mol. The third-order valence-electron chi connectivity index (χ3n) is 4.44. The molecule has 0 aliphatic heterocycles. The van der Waals surface area contributed by atoms with E-state index in [-0.39, 0.29) is 0 Å². The van der Waals surface area contributed by atoms with E-state index in [2.05, 4.69) is 10.6 Å². The molecule has 0 heterocycles. The summed E-state index contributed by atoms with van der Waals surface area (Å²) in [4.78, 5) is 0. The number of para-hydroxylation sites is 1. The van der Waals surface area contributed by atoms with Gasteiger partial charge in [0.2, 0.25) is 0 Å². The number of thiocarbonyl (C=S) groups is 1. The van der Waals surface area contributed by atoms with Gasteiger partial charge in [-0.3, -0.25) is 0 Å². The van der Waals surface area contributed by atoms with E-state index >= 15 is 0 Å². The SMILES string of the molecule is S=C(NC[C@@H]1C[C@@H]2CC[C@@H]1C2)Nc1ccccc1. The van der Waals surface area contributed by atoms with Gasteiger partial charge >= 0.3 is 0 Å². The average Bonchev–Trinajstić information content (AvgIpc) is 3.00. The fraction of sp³-hybridized carbons (Fsp3) is 0.533. The van der Waals surface area contributed by atoms with Gasteiger partial charge in [-0.1, -0.05) is 24.6 Å². The van der Waals surface area contributed by atoms with Crippen LogP contribution >= 0.6 is 12.2 Å². The first-order valence-electron chi connectivity index (χ1n) is 6.91. The molecule has 0 radical (unpaired) electrons. The molecule has 1 aromatic rings. The van der Waals surface area contributed by atoms with E-state index in [9.17, 15) is 0 Å². The zero-order valence-electron chi connectivity index (χ0n) is 10.6. The van der Waals surface area contributed by atoms with Crippen LogP contribution in [0.1, 0.15) is 25.7 Å². The monoisotopic (exact) mass is 260 g/mol. The summed E-state index contributed by atoms with van der Waals surface area (Å²) in [6, 6.07) is 10.1. The second-order valence-electron chi connectivity index (χ2n) is 5.64. The van der Waals surface area contributed by atoms with Crippen molar-refractivity contribution in [2.45, 2.75) is 25.7 Å². The van der Waals surface area contributed by atoms with Crippen LogP contribution in [-0.4, -0.2) is 11.7 Å². The van der Waals surface area contributed by atoms with E-state index in [1.807, 2.05) is 30.3 Å². The second kappa shape index (κ2) is 5.27. The second-order valence-corrected chi connectivity index (χ2v) is 6.04. The molecule has 2 saturated carbocycles. The lowest BCUT2D eigenvalue weighted by Gasteiger charge is -2.22. The van der Waals surface area contributed by atoms with Crippen molar-refractivity contribution in [1.29, 1.82) is 0 Å². The summed E-state index contributed by atoms with van der Waals surface area (Å²) in [5, 5.41) is 7.36. The summed E-state index contributed by atoms with van der Waals surface area (Å²) < 4.78 is 0. The first-order valence-corrected chi connectivity index (χ1v) is 7.32. The van der Waals surface area contributed by atoms with Gasteiger partial charge in [0, 0.05) is 12.2 Å². The fourth-order valence-corrected chi connectivity index (χ4v) is 3.75. The molecule has 0 saturated heterocycles. The molecular weight excluding hydrogens is 240 g/mol. The van der Waals surface area contributed by atoms with Gasteiger partial charge < -0.3 is 10.6 Å². The Hall–Kier alpha value is -1.09. The Bertz CT molecular complexity index is 418. The molecule has 2 N–H and O–H groups in total. The van der Waals surface area contributed by atoms with Crippen LogP contribution in [0.4, 0.5) is 5.69 Å². The van der Waals surface area contributed by atoms with Crippen molar-refractivity contribution in [2.24, 2.45) is 17.8 Å². The van der Waals surface area contributed by atoms with Crippen molar-refractivity contribution in [2.75, 3.05) is 11.9 Å². The Morgan fingerprint density at radius 2 is 2.00 bits per heavy atom. The molecule has 3 heteroatoms. The van der Waals surface area contributed by atoms with Crippen molar-refractivity contribution in [3.05, 3.63) is 30.3 Å². The molecule has 3 rings (SSSR count). The van der Waals surface area contributed by atoms with Crippen molar-refractivity contribution in [1.82, 2.24) is 5.32 Å². The van der Waals surface area contributed by atoms with Crippen LogP contribution < -0.4 is 10.6 Å². The molecule has 0 amide bonds. The minimum atomic E-state index is 0.754. The Balaban J connectivity index is 1.45. The normalized spacial score (nSPS) is 29.2. The summed E-state index contributed by atoms with van der Waals surface area (Å²) in [5.41, 5.74) is 1.06. The van der Waals surface area contributed by atoms with E-state index in [1.165, 1.54) is 25.7 Å². The molecule has 2 aliphatic carbocycles. The lowest BCUT2D eigenvalue weighted by Crippen LogP contribution is -2.34. The van der Waals surface area contributed by atoms with Crippen molar-refractivity contribution < 1.29 is 0 Å². The predicted octanol–water partition coefficient (Wildman–Crippen LogP) is 3.41. The maximum Gasteiger partial charge on any atom is 0.170 e. The largest absolute Gasteiger partial charge is 0.362 e. The van der Waals surface area contributed by atoms with Crippen molar-refractivity contribution in [3.63, 3.8) is 0 Å². The van der Waals surface area contributed by atoms with E-state index in [0.717, 1.165) is 35.1 Å². The molecule has 2 bridgehead atoms. The van der Waals surface area contributed by atoms with Gasteiger partial charge in [-0.05, 0) is 61.4 Å². The summed E-state index contributed by atoms with van der Waals surface area (Å²) in [6.45, 7) is 1.04. The molecule has 2 fully saturated rings. The summed E-state index contributed by atoms with van der Waals surface area (Å²) in [5.74, 6) is 2.82. The zero-order chi connectivity index (χ0) is 12.4. The van der Waals surface area contributed by atoms with Crippen molar-refractivity contribution in [3.8, 4) is 0 Å². The minimum absolute atomic E-state index is 0.754. The number of hydrogen-bond donors (Lipinski definition) is 2. The van der Waals surface area contributed by atoms with Gasteiger partial charge in [0.25, 0.3) is 0 Å². The Labute approximate surface area is 114 Å². The van der Waals surface area contributed by atoms with Crippen LogP contribution in [0.25, 0.3) is 0 Å². The first kappa shape index (κ1) is 12.0. The molecule has 0 aromatic heterocycles. The molecule has 3 atom stereocenters. The molecular formula is C15H20N2S. The zero-order valence-corrected chi connectivity index (χ0v) is 11.4. The van der Waals surface area contributed by atoms with E-state index in [4.69, 9.17) is 12.2 Å². The van der Waals surface area contributed by atoms with Crippen LogP contribution in [0.5, 0.6) is 0 Å². The van der Waals surface area contributed by atoms with E-state index in [1.54, 1.807) is 0 Å². The topological polar surface area (TPSA) is 24.1 Å². The van der Waals surface area contributed by atoms with E-state index < -0.39 is 0 Å². The standard InChI is InChI=1S/C15H20N2S/c18-15(17-14-4-2-1-3-5-14)16-10-13-9-11-6-7-12(13)8-11/h1-5,11-13H,6-10H2,(H2,16,17,18)/t11-,12-,13+/m1/s1. The third-order valence-corrected chi connectivity index (χ3v) is 4.69. The van der Waals surface area contributed by atoms with Gasteiger partial charge in [-0.2, -0.15) is 0 Å². The number of anilines is 1. The van der Waals surface area contributed by atoms with Gasteiger partial charge in [0.05, 0.1) is 0 Å². The van der Waals surface area contributed by atoms with Gasteiger partial charge in [0.15, 0.2) is 5.11 Å². The summed E-state index contributed by atoms with van der Waals surface area (Å²) in [7, 11) is 0. The minimum Gasteiger partial charge on any atom is -0.362 e. The highest BCUT2D eigenvalue weighted by molar-refractivity contribution is 7.80. The number of rotatable bonds is 3. The fourth-order valence-electron chi connectivity index (χ4n) is 3.55. The summed E-state index contributed by atoms with van der Waals surface area (Å²) >= 11 is 5.33. The Kier molecular flexibility index (Phi) is 3.50. The maximum absolute atomic E-state index is 5.33. The number of hydrogen-bond acceptors (Lipinski definition) is 1. The van der Waals surface area contributed by atoms with Crippen LogP contribution in [0.3, 0.4) is 0 Å². The van der Waals surface area contributed by atoms with Crippen LogP contribution in [0.2, 0.25) is 0 Å². The smallest absolute Gasteiger partial charge is 0.170 e.